The normalized spacial score (nSPS) is 14.9. The third-order valence-corrected chi connectivity index (χ3v) is 7.01. The monoisotopic (exact) mass is 481 g/mol. The smallest absolute Gasteiger partial charge is 0.240 e. The van der Waals surface area contributed by atoms with Crippen LogP contribution in [0.4, 0.5) is 0 Å². The van der Waals surface area contributed by atoms with Gasteiger partial charge in [-0.3, -0.25) is 9.69 Å². The zero-order chi connectivity index (χ0) is 23.1. The highest BCUT2D eigenvalue weighted by Crippen LogP contribution is 2.29. The maximum absolute atomic E-state index is 12.5. The number of carbonyl (C=O) groups excluding carboxylic acids is 1. The highest BCUT2D eigenvalue weighted by Gasteiger charge is 2.22. The minimum Gasteiger partial charge on any atom is -0.493 e. The molecule has 1 heterocycles. The van der Waals surface area contributed by atoms with Crippen molar-refractivity contribution in [3.63, 3.8) is 0 Å². The summed E-state index contributed by atoms with van der Waals surface area (Å²) in [5.74, 6) is 0.695. The molecular weight excluding hydrogens is 454 g/mol. The highest BCUT2D eigenvalue weighted by atomic mass is 35.5. The Morgan fingerprint density at radius 1 is 1.03 bits per heavy atom. The van der Waals surface area contributed by atoms with E-state index in [0.29, 0.717) is 29.6 Å². The second-order valence-electron chi connectivity index (χ2n) is 7.45. The molecule has 1 aliphatic heterocycles. The minimum absolute atomic E-state index is 0.0260. The lowest BCUT2D eigenvalue weighted by Crippen LogP contribution is -2.48. The number of nitrogens with one attached hydrogen (secondary N) is 1. The molecule has 0 bridgehead atoms. The second kappa shape index (κ2) is 11.0. The third-order valence-electron chi connectivity index (χ3n) is 5.32. The standard InChI is InChI=1S/C22H28ClN3O5S/c1-30-20-7-6-19(15-21(20)31-2)32(28,29)24-9-8-22(27)26-12-10-25(11-13-26)16-17-4-3-5-18(23)14-17/h3-7,14-15,24H,8-13,16H2,1-2H3. The van der Waals surface area contributed by atoms with Crippen LogP contribution in [-0.2, 0) is 21.4 Å². The minimum atomic E-state index is -3.77. The summed E-state index contributed by atoms with van der Waals surface area (Å²) in [6.07, 6.45) is 0.0980. The number of hydrogen-bond acceptors (Lipinski definition) is 6. The zero-order valence-corrected chi connectivity index (χ0v) is 19.8. The molecule has 0 aliphatic carbocycles. The summed E-state index contributed by atoms with van der Waals surface area (Å²) in [6.45, 7) is 3.56. The maximum Gasteiger partial charge on any atom is 0.240 e. The third kappa shape index (κ3) is 6.35. The van der Waals surface area contributed by atoms with Gasteiger partial charge in [-0.25, -0.2) is 13.1 Å². The van der Waals surface area contributed by atoms with Crippen LogP contribution in [0.2, 0.25) is 5.02 Å². The summed E-state index contributed by atoms with van der Waals surface area (Å²) in [5.41, 5.74) is 1.14. The molecule has 0 radical (unpaired) electrons. The molecule has 0 saturated carbocycles. The Labute approximate surface area is 194 Å². The zero-order valence-electron chi connectivity index (χ0n) is 18.2. The van der Waals surface area contributed by atoms with E-state index < -0.39 is 10.0 Å². The molecule has 0 spiro atoms. The topological polar surface area (TPSA) is 88.2 Å². The van der Waals surface area contributed by atoms with Crippen LogP contribution in [0, 0.1) is 0 Å². The first kappa shape index (κ1) is 24.3. The Kier molecular flexibility index (Phi) is 8.36. The van der Waals surface area contributed by atoms with Crippen LogP contribution in [0.15, 0.2) is 47.4 Å². The van der Waals surface area contributed by atoms with E-state index in [4.69, 9.17) is 21.1 Å². The van der Waals surface area contributed by atoms with Crippen molar-refractivity contribution in [2.75, 3.05) is 46.9 Å². The van der Waals surface area contributed by atoms with Crippen molar-refractivity contribution in [1.82, 2.24) is 14.5 Å². The van der Waals surface area contributed by atoms with Gasteiger partial charge in [0.15, 0.2) is 11.5 Å². The second-order valence-corrected chi connectivity index (χ2v) is 9.65. The van der Waals surface area contributed by atoms with E-state index in [1.54, 1.807) is 4.90 Å². The Balaban J connectivity index is 1.46. The van der Waals surface area contributed by atoms with Crippen molar-refractivity contribution in [2.45, 2.75) is 17.9 Å². The van der Waals surface area contributed by atoms with Crippen molar-refractivity contribution >= 4 is 27.5 Å². The molecule has 1 fully saturated rings. The van der Waals surface area contributed by atoms with Gasteiger partial charge in [0.25, 0.3) is 0 Å². The lowest BCUT2D eigenvalue weighted by molar-refractivity contribution is -0.132. The number of amides is 1. The summed E-state index contributed by atoms with van der Waals surface area (Å²) in [4.78, 5) is 16.6. The summed E-state index contributed by atoms with van der Waals surface area (Å²) in [6, 6.07) is 12.1. The molecule has 1 aliphatic rings. The molecule has 1 N–H and O–H groups in total. The van der Waals surface area contributed by atoms with Crippen LogP contribution in [0.25, 0.3) is 0 Å². The Morgan fingerprint density at radius 2 is 1.75 bits per heavy atom. The molecule has 2 aromatic carbocycles. The van der Waals surface area contributed by atoms with Gasteiger partial charge >= 0.3 is 0 Å². The molecule has 1 amide bonds. The van der Waals surface area contributed by atoms with Gasteiger partial charge in [0.05, 0.1) is 19.1 Å². The number of halogens is 1. The van der Waals surface area contributed by atoms with E-state index in [1.165, 1.54) is 32.4 Å². The van der Waals surface area contributed by atoms with E-state index in [-0.39, 0.29) is 23.8 Å². The van der Waals surface area contributed by atoms with E-state index in [1.807, 2.05) is 24.3 Å². The largest absolute Gasteiger partial charge is 0.493 e. The van der Waals surface area contributed by atoms with Crippen molar-refractivity contribution in [3.05, 3.63) is 53.1 Å². The molecule has 2 aromatic rings. The summed E-state index contributed by atoms with van der Waals surface area (Å²) in [7, 11) is -0.848. The van der Waals surface area contributed by atoms with Crippen molar-refractivity contribution < 1.29 is 22.7 Å². The molecule has 1 saturated heterocycles. The molecule has 32 heavy (non-hydrogen) atoms. The van der Waals surface area contributed by atoms with Gasteiger partial charge < -0.3 is 14.4 Å². The van der Waals surface area contributed by atoms with Gasteiger partial charge in [-0.15, -0.1) is 0 Å². The number of methoxy groups -OCH3 is 2. The van der Waals surface area contributed by atoms with Crippen LogP contribution < -0.4 is 14.2 Å². The molecule has 3 rings (SSSR count). The molecule has 174 valence electrons. The fourth-order valence-corrected chi connectivity index (χ4v) is 4.83. The van der Waals surface area contributed by atoms with Crippen LogP contribution in [-0.4, -0.2) is 71.1 Å². The number of hydrogen-bond donors (Lipinski definition) is 1. The lowest BCUT2D eigenvalue weighted by atomic mass is 10.2. The van der Waals surface area contributed by atoms with Gasteiger partial charge in [-0.1, -0.05) is 23.7 Å². The van der Waals surface area contributed by atoms with Crippen molar-refractivity contribution in [3.8, 4) is 11.5 Å². The molecule has 0 atom stereocenters. The number of piperazine rings is 1. The quantitative estimate of drug-likeness (QED) is 0.591. The SMILES string of the molecule is COc1ccc(S(=O)(=O)NCCC(=O)N2CCN(Cc3cccc(Cl)c3)CC2)cc1OC. The maximum atomic E-state index is 12.5. The number of nitrogens with zero attached hydrogens (tertiary/aromatic N) is 2. The van der Waals surface area contributed by atoms with E-state index in [9.17, 15) is 13.2 Å². The number of carbonyl (C=O) groups is 1. The molecule has 10 heteroatoms. The van der Waals surface area contributed by atoms with Crippen LogP contribution in [0.1, 0.15) is 12.0 Å². The Morgan fingerprint density at radius 3 is 2.41 bits per heavy atom. The van der Waals surface area contributed by atoms with Gasteiger partial charge in [0.2, 0.25) is 15.9 Å². The average Bonchev–Trinajstić information content (AvgIpc) is 2.79. The predicted octanol–water partition coefficient (Wildman–Crippen LogP) is 2.37. The average molecular weight is 482 g/mol. The van der Waals surface area contributed by atoms with Crippen molar-refractivity contribution in [1.29, 1.82) is 0 Å². The summed E-state index contributed by atoms with van der Waals surface area (Å²) >= 11 is 6.04. The number of benzene rings is 2. The summed E-state index contributed by atoms with van der Waals surface area (Å²) < 4.78 is 37.9. The Bertz CT molecular complexity index is 1040. The van der Waals surface area contributed by atoms with Crippen LogP contribution >= 0.6 is 11.6 Å². The van der Waals surface area contributed by atoms with Crippen LogP contribution in [0.3, 0.4) is 0 Å². The molecule has 0 aromatic heterocycles. The van der Waals surface area contributed by atoms with Gasteiger partial charge in [-0.2, -0.15) is 0 Å². The van der Waals surface area contributed by atoms with Gasteiger partial charge in [-0.05, 0) is 29.8 Å². The van der Waals surface area contributed by atoms with E-state index in [0.717, 1.165) is 25.2 Å². The number of rotatable bonds is 9. The van der Waals surface area contributed by atoms with Gasteiger partial charge in [0, 0.05) is 56.8 Å². The molecular formula is C22H28ClN3O5S. The first-order valence-electron chi connectivity index (χ1n) is 10.3. The van der Waals surface area contributed by atoms with Crippen LogP contribution in [0.5, 0.6) is 11.5 Å². The summed E-state index contributed by atoms with van der Waals surface area (Å²) in [5, 5.41) is 0.715. The first-order chi connectivity index (χ1) is 15.3. The first-order valence-corrected chi connectivity index (χ1v) is 12.1. The number of ether oxygens (including phenoxy) is 2. The molecule has 0 unspecified atom stereocenters. The van der Waals surface area contributed by atoms with E-state index in [2.05, 4.69) is 9.62 Å². The highest BCUT2D eigenvalue weighted by molar-refractivity contribution is 7.89. The fraction of sp³-hybridized carbons (Fsp3) is 0.409. The lowest BCUT2D eigenvalue weighted by Gasteiger charge is -2.34. The van der Waals surface area contributed by atoms with Gasteiger partial charge in [0.1, 0.15) is 0 Å². The van der Waals surface area contributed by atoms with Crippen molar-refractivity contribution in [2.24, 2.45) is 0 Å². The predicted molar refractivity (Wildman–Crippen MR) is 123 cm³/mol. The molecule has 8 nitrogen and oxygen atoms in total. The van der Waals surface area contributed by atoms with E-state index >= 15 is 0 Å². The number of sulfonamides is 1. The fourth-order valence-electron chi connectivity index (χ4n) is 3.57. The Hall–Kier alpha value is -2.33.